The highest BCUT2D eigenvalue weighted by Gasteiger charge is 2.15. The van der Waals surface area contributed by atoms with Crippen LogP contribution in [0.2, 0.25) is 0 Å². The molecule has 0 saturated heterocycles. The molecular weight excluding hydrogens is 248 g/mol. The zero-order valence-corrected chi connectivity index (χ0v) is 11.2. The van der Waals surface area contributed by atoms with E-state index in [2.05, 4.69) is 5.32 Å². The minimum absolute atomic E-state index is 0.0150. The van der Waals surface area contributed by atoms with Gasteiger partial charge in [0.1, 0.15) is 0 Å². The van der Waals surface area contributed by atoms with Gasteiger partial charge in [0.25, 0.3) is 11.6 Å². The molecule has 0 radical (unpaired) electrons. The molecule has 6 nitrogen and oxygen atoms in total. The van der Waals surface area contributed by atoms with Crippen LogP contribution < -0.4 is 5.32 Å². The number of hydrogen-bond acceptors (Lipinski definition) is 4. The second-order valence-corrected chi connectivity index (χ2v) is 4.78. The van der Waals surface area contributed by atoms with Crippen LogP contribution >= 0.6 is 0 Å². The van der Waals surface area contributed by atoms with E-state index >= 15 is 0 Å². The van der Waals surface area contributed by atoms with Crippen LogP contribution in [0.5, 0.6) is 0 Å². The molecule has 0 aliphatic rings. The number of hydrogen-bond donors (Lipinski definition) is 2. The molecule has 1 unspecified atom stereocenters. The smallest absolute Gasteiger partial charge is 0.272 e. The van der Waals surface area contributed by atoms with Crippen LogP contribution in [0.25, 0.3) is 0 Å². The Balaban J connectivity index is 2.73. The maximum absolute atomic E-state index is 11.8. The number of aryl methyl sites for hydroxylation is 1. The van der Waals surface area contributed by atoms with E-state index < -0.39 is 11.0 Å². The number of nitro benzene ring substituents is 1. The molecule has 19 heavy (non-hydrogen) atoms. The zero-order valence-electron chi connectivity index (χ0n) is 11.2. The summed E-state index contributed by atoms with van der Waals surface area (Å²) < 4.78 is 0. The summed E-state index contributed by atoms with van der Waals surface area (Å²) in [4.78, 5) is 22.0. The van der Waals surface area contributed by atoms with Crippen molar-refractivity contribution in [2.75, 3.05) is 6.54 Å². The van der Waals surface area contributed by atoms with Gasteiger partial charge < -0.3 is 10.4 Å². The van der Waals surface area contributed by atoms with Crippen molar-refractivity contribution in [2.45, 2.75) is 26.9 Å². The lowest BCUT2D eigenvalue weighted by atomic mass is 10.1. The number of nitro groups is 1. The Morgan fingerprint density at radius 1 is 1.47 bits per heavy atom. The molecule has 6 heteroatoms. The maximum atomic E-state index is 11.8. The van der Waals surface area contributed by atoms with E-state index in [0.29, 0.717) is 11.1 Å². The summed E-state index contributed by atoms with van der Waals surface area (Å²) in [6, 6.07) is 4.18. The van der Waals surface area contributed by atoms with E-state index in [0.717, 1.165) is 0 Å². The predicted molar refractivity (Wildman–Crippen MR) is 71.0 cm³/mol. The van der Waals surface area contributed by atoms with Gasteiger partial charge in [-0.05, 0) is 25.0 Å². The zero-order chi connectivity index (χ0) is 14.6. The van der Waals surface area contributed by atoms with Gasteiger partial charge >= 0.3 is 0 Å². The number of aliphatic hydroxyl groups is 1. The van der Waals surface area contributed by atoms with Crippen molar-refractivity contribution in [3.63, 3.8) is 0 Å². The lowest BCUT2D eigenvalue weighted by Crippen LogP contribution is -2.34. The summed E-state index contributed by atoms with van der Waals surface area (Å²) in [5.41, 5.74) is 0.764. The van der Waals surface area contributed by atoms with E-state index in [4.69, 9.17) is 0 Å². The summed E-state index contributed by atoms with van der Waals surface area (Å²) >= 11 is 0. The van der Waals surface area contributed by atoms with E-state index in [1.807, 2.05) is 13.8 Å². The van der Waals surface area contributed by atoms with Crippen LogP contribution in [0, 0.1) is 23.0 Å². The van der Waals surface area contributed by atoms with Crippen LogP contribution in [-0.2, 0) is 0 Å². The summed E-state index contributed by atoms with van der Waals surface area (Å²) in [6.45, 7) is 5.45. The Labute approximate surface area is 111 Å². The molecule has 1 atom stereocenters. The Morgan fingerprint density at radius 2 is 2.11 bits per heavy atom. The molecule has 0 aliphatic carbocycles. The van der Waals surface area contributed by atoms with Crippen molar-refractivity contribution in [3.8, 4) is 0 Å². The van der Waals surface area contributed by atoms with Crippen molar-refractivity contribution in [1.82, 2.24) is 5.32 Å². The first kappa shape index (κ1) is 15.1. The van der Waals surface area contributed by atoms with Gasteiger partial charge in [0.15, 0.2) is 0 Å². The molecule has 0 bridgehead atoms. The predicted octanol–water partition coefficient (Wildman–Crippen LogP) is 1.65. The highest BCUT2D eigenvalue weighted by Crippen LogP contribution is 2.18. The quantitative estimate of drug-likeness (QED) is 0.626. The van der Waals surface area contributed by atoms with Crippen molar-refractivity contribution in [1.29, 1.82) is 0 Å². The number of nitrogens with one attached hydrogen (secondary N) is 1. The normalized spacial score (nSPS) is 12.3. The van der Waals surface area contributed by atoms with Crippen molar-refractivity contribution in [2.24, 2.45) is 5.92 Å². The topological polar surface area (TPSA) is 92.5 Å². The van der Waals surface area contributed by atoms with Crippen LogP contribution in [-0.4, -0.2) is 28.6 Å². The number of carbonyl (C=O) groups is 1. The van der Waals surface area contributed by atoms with Gasteiger partial charge in [-0.2, -0.15) is 0 Å². The largest absolute Gasteiger partial charge is 0.391 e. The van der Waals surface area contributed by atoms with Crippen molar-refractivity contribution >= 4 is 11.6 Å². The van der Waals surface area contributed by atoms with Gasteiger partial charge in [-0.3, -0.25) is 14.9 Å². The van der Waals surface area contributed by atoms with Crippen molar-refractivity contribution in [3.05, 3.63) is 39.4 Å². The first-order valence-electron chi connectivity index (χ1n) is 6.04. The molecule has 1 rings (SSSR count). The van der Waals surface area contributed by atoms with Gasteiger partial charge in [0.2, 0.25) is 0 Å². The third-order valence-corrected chi connectivity index (χ3v) is 2.90. The van der Waals surface area contributed by atoms with Crippen LogP contribution in [0.3, 0.4) is 0 Å². The third-order valence-electron chi connectivity index (χ3n) is 2.90. The first-order chi connectivity index (χ1) is 8.82. The monoisotopic (exact) mass is 266 g/mol. The van der Waals surface area contributed by atoms with E-state index in [1.165, 1.54) is 18.2 Å². The molecule has 0 fully saturated rings. The lowest BCUT2D eigenvalue weighted by molar-refractivity contribution is -0.385. The Bertz CT molecular complexity index is 486. The number of carbonyl (C=O) groups excluding carboxylic acids is 1. The summed E-state index contributed by atoms with van der Waals surface area (Å²) in [5, 5.41) is 22.9. The van der Waals surface area contributed by atoms with Crippen LogP contribution in [0.4, 0.5) is 5.69 Å². The van der Waals surface area contributed by atoms with Crippen molar-refractivity contribution < 1.29 is 14.8 Å². The summed E-state index contributed by atoms with van der Waals surface area (Å²) in [7, 11) is 0. The molecule has 0 heterocycles. The number of rotatable bonds is 5. The number of aliphatic hydroxyl groups excluding tert-OH is 1. The molecule has 0 aliphatic heterocycles. The van der Waals surface area contributed by atoms with Gasteiger partial charge in [-0.15, -0.1) is 0 Å². The lowest BCUT2D eigenvalue weighted by Gasteiger charge is -2.15. The molecule has 104 valence electrons. The second kappa shape index (κ2) is 6.29. The maximum Gasteiger partial charge on any atom is 0.272 e. The summed E-state index contributed by atoms with van der Waals surface area (Å²) in [6.07, 6.45) is -0.608. The summed E-state index contributed by atoms with van der Waals surface area (Å²) in [5.74, 6) is -0.295. The van der Waals surface area contributed by atoms with Crippen LogP contribution in [0.1, 0.15) is 29.8 Å². The Kier molecular flexibility index (Phi) is 5.00. The fourth-order valence-corrected chi connectivity index (χ4v) is 1.54. The Hall–Kier alpha value is -1.95. The number of nitrogens with zero attached hydrogens (tertiary/aromatic N) is 1. The third kappa shape index (κ3) is 4.03. The molecule has 0 aromatic heterocycles. The average molecular weight is 266 g/mol. The van der Waals surface area contributed by atoms with E-state index in [-0.39, 0.29) is 24.1 Å². The number of amides is 1. The molecule has 1 amide bonds. The van der Waals surface area contributed by atoms with E-state index in [1.54, 1.807) is 6.92 Å². The van der Waals surface area contributed by atoms with Gasteiger partial charge in [0.05, 0.1) is 11.0 Å². The molecule has 1 aromatic rings. The fraction of sp³-hybridized carbons (Fsp3) is 0.462. The molecular formula is C13H18N2O4. The average Bonchev–Trinajstić information content (AvgIpc) is 2.34. The highest BCUT2D eigenvalue weighted by molar-refractivity contribution is 5.94. The minimum Gasteiger partial charge on any atom is -0.391 e. The molecule has 1 aromatic carbocycles. The first-order valence-corrected chi connectivity index (χ1v) is 6.04. The van der Waals surface area contributed by atoms with Gasteiger partial charge in [0, 0.05) is 23.7 Å². The Morgan fingerprint density at radius 3 is 2.58 bits per heavy atom. The minimum atomic E-state index is -0.608. The standard InChI is InChI=1S/C13H18N2O4/c1-8(2)12(16)7-14-13(17)10-4-5-11(15(18)19)9(3)6-10/h4-6,8,12,16H,7H2,1-3H3,(H,14,17). The second-order valence-electron chi connectivity index (χ2n) is 4.78. The SMILES string of the molecule is Cc1cc(C(=O)NCC(O)C(C)C)ccc1[N+](=O)[O-]. The molecule has 0 saturated carbocycles. The molecule has 2 N–H and O–H groups in total. The number of benzene rings is 1. The van der Waals surface area contributed by atoms with Crippen LogP contribution in [0.15, 0.2) is 18.2 Å². The highest BCUT2D eigenvalue weighted by atomic mass is 16.6. The van der Waals surface area contributed by atoms with Gasteiger partial charge in [-0.1, -0.05) is 13.8 Å². The molecule has 0 spiro atoms. The van der Waals surface area contributed by atoms with Gasteiger partial charge in [-0.25, -0.2) is 0 Å². The fourth-order valence-electron chi connectivity index (χ4n) is 1.54. The van der Waals surface area contributed by atoms with E-state index in [9.17, 15) is 20.0 Å².